The molecule has 1 unspecified atom stereocenters. The van der Waals surface area contributed by atoms with E-state index in [1.807, 2.05) is 11.3 Å². The molecule has 2 aliphatic carbocycles. The monoisotopic (exact) mass is 292 g/mol. The molecule has 1 saturated carbocycles. The minimum absolute atomic E-state index is 0.384. The highest BCUT2D eigenvalue weighted by atomic mass is 32.1. The summed E-state index contributed by atoms with van der Waals surface area (Å²) in [5.41, 5.74) is 4.72. The predicted molar refractivity (Wildman–Crippen MR) is 86.8 cm³/mol. The van der Waals surface area contributed by atoms with Crippen LogP contribution in [0.15, 0.2) is 6.07 Å². The zero-order valence-electron chi connectivity index (χ0n) is 12.5. The molecule has 1 fully saturated rings. The van der Waals surface area contributed by atoms with Crippen LogP contribution >= 0.6 is 11.3 Å². The number of hydrogen-bond donors (Lipinski definition) is 2. The van der Waals surface area contributed by atoms with Crippen LogP contribution in [0, 0.1) is 5.92 Å². The van der Waals surface area contributed by atoms with Gasteiger partial charge in [-0.05, 0) is 49.7 Å². The molecule has 0 radical (unpaired) electrons. The maximum atomic E-state index is 5.87. The van der Waals surface area contributed by atoms with Crippen LogP contribution in [-0.2, 0) is 12.8 Å². The van der Waals surface area contributed by atoms with E-state index in [-0.39, 0.29) is 0 Å². The Balaban J connectivity index is 1.68. The minimum atomic E-state index is 0.384. The van der Waals surface area contributed by atoms with Gasteiger partial charge in [-0.3, -0.25) is 11.3 Å². The van der Waals surface area contributed by atoms with E-state index in [2.05, 4.69) is 11.5 Å². The third-order valence-corrected chi connectivity index (χ3v) is 6.45. The molecule has 1 heterocycles. The van der Waals surface area contributed by atoms with Gasteiger partial charge in [-0.1, -0.05) is 38.5 Å². The van der Waals surface area contributed by atoms with Crippen LogP contribution in [0.3, 0.4) is 0 Å². The lowest BCUT2D eigenvalue weighted by Crippen LogP contribution is -2.29. The van der Waals surface area contributed by atoms with Crippen LogP contribution < -0.4 is 11.3 Å². The van der Waals surface area contributed by atoms with Crippen molar-refractivity contribution in [2.45, 2.75) is 76.7 Å². The number of nitrogens with one attached hydrogen (secondary N) is 1. The molecule has 1 aromatic heterocycles. The summed E-state index contributed by atoms with van der Waals surface area (Å²) in [6.07, 6.45) is 15.0. The summed E-state index contributed by atoms with van der Waals surface area (Å²) >= 11 is 2.03. The minimum Gasteiger partial charge on any atom is -0.271 e. The Morgan fingerprint density at radius 3 is 2.65 bits per heavy atom. The lowest BCUT2D eigenvalue weighted by molar-refractivity contribution is 0.302. The average Bonchev–Trinajstić information content (AvgIpc) is 2.76. The van der Waals surface area contributed by atoms with Crippen molar-refractivity contribution in [2.24, 2.45) is 11.8 Å². The summed E-state index contributed by atoms with van der Waals surface area (Å²) in [7, 11) is 0. The second-order valence-electron chi connectivity index (χ2n) is 6.62. The van der Waals surface area contributed by atoms with Crippen LogP contribution in [0.4, 0.5) is 0 Å². The molecule has 0 saturated heterocycles. The van der Waals surface area contributed by atoms with Crippen LogP contribution in [0.25, 0.3) is 0 Å². The highest BCUT2D eigenvalue weighted by molar-refractivity contribution is 7.12. The van der Waals surface area contributed by atoms with E-state index >= 15 is 0 Å². The Bertz CT molecular complexity index is 397. The molecule has 3 heteroatoms. The fourth-order valence-corrected chi connectivity index (χ4v) is 5.22. The van der Waals surface area contributed by atoms with Crippen molar-refractivity contribution in [3.8, 4) is 0 Å². The van der Waals surface area contributed by atoms with Gasteiger partial charge in [0.2, 0.25) is 0 Å². The number of hydrogen-bond acceptors (Lipinski definition) is 3. The van der Waals surface area contributed by atoms with Crippen molar-refractivity contribution in [2.75, 3.05) is 0 Å². The van der Waals surface area contributed by atoms with Crippen LogP contribution in [0.2, 0.25) is 0 Å². The predicted octanol–water partition coefficient (Wildman–Crippen LogP) is 4.49. The van der Waals surface area contributed by atoms with Gasteiger partial charge in [0.15, 0.2) is 0 Å². The maximum absolute atomic E-state index is 5.87. The highest BCUT2D eigenvalue weighted by Gasteiger charge is 2.22. The van der Waals surface area contributed by atoms with Crippen molar-refractivity contribution in [1.29, 1.82) is 0 Å². The fourth-order valence-electron chi connectivity index (χ4n) is 3.88. The van der Waals surface area contributed by atoms with E-state index in [4.69, 9.17) is 5.84 Å². The third-order valence-electron chi connectivity index (χ3n) is 5.10. The molecule has 0 bridgehead atoms. The molecule has 112 valence electrons. The summed E-state index contributed by atoms with van der Waals surface area (Å²) < 4.78 is 0. The zero-order valence-corrected chi connectivity index (χ0v) is 13.3. The Labute approximate surface area is 127 Å². The molecule has 1 atom stereocenters. The van der Waals surface area contributed by atoms with Gasteiger partial charge in [0.25, 0.3) is 0 Å². The van der Waals surface area contributed by atoms with Crippen molar-refractivity contribution < 1.29 is 0 Å². The maximum Gasteiger partial charge on any atom is 0.0556 e. The first-order valence-corrected chi connectivity index (χ1v) is 9.26. The van der Waals surface area contributed by atoms with Gasteiger partial charge >= 0.3 is 0 Å². The summed E-state index contributed by atoms with van der Waals surface area (Å²) in [6, 6.07) is 2.84. The molecule has 3 N–H and O–H groups in total. The SMILES string of the molecule is NNC(CC1CCCCC1)c1cc2c(s1)CCCCC2. The molecule has 0 aromatic carbocycles. The lowest BCUT2D eigenvalue weighted by atomic mass is 9.84. The average molecular weight is 292 g/mol. The Morgan fingerprint density at radius 2 is 1.85 bits per heavy atom. The van der Waals surface area contributed by atoms with E-state index in [1.165, 1.54) is 75.5 Å². The molecule has 1 aromatic rings. The van der Waals surface area contributed by atoms with Crippen LogP contribution in [0.1, 0.15) is 79.1 Å². The van der Waals surface area contributed by atoms with Crippen molar-refractivity contribution in [1.82, 2.24) is 5.43 Å². The topological polar surface area (TPSA) is 38.0 Å². The van der Waals surface area contributed by atoms with Gasteiger partial charge < -0.3 is 0 Å². The fraction of sp³-hybridized carbons (Fsp3) is 0.765. The quantitative estimate of drug-likeness (QED) is 0.487. The first-order valence-electron chi connectivity index (χ1n) is 8.44. The Kier molecular flexibility index (Phi) is 5.14. The third kappa shape index (κ3) is 3.44. The number of hydrazine groups is 1. The number of aryl methyl sites for hydroxylation is 2. The van der Waals surface area contributed by atoms with E-state index < -0.39 is 0 Å². The molecular weight excluding hydrogens is 264 g/mol. The second kappa shape index (κ2) is 7.06. The molecule has 0 spiro atoms. The van der Waals surface area contributed by atoms with Gasteiger partial charge in [0.1, 0.15) is 0 Å². The summed E-state index contributed by atoms with van der Waals surface area (Å²) in [4.78, 5) is 3.13. The van der Waals surface area contributed by atoms with Crippen molar-refractivity contribution >= 4 is 11.3 Å². The van der Waals surface area contributed by atoms with Gasteiger partial charge in [-0.15, -0.1) is 11.3 Å². The van der Waals surface area contributed by atoms with Gasteiger partial charge in [0, 0.05) is 9.75 Å². The van der Waals surface area contributed by atoms with Crippen LogP contribution in [-0.4, -0.2) is 0 Å². The zero-order chi connectivity index (χ0) is 13.8. The van der Waals surface area contributed by atoms with Gasteiger partial charge in [-0.2, -0.15) is 0 Å². The molecule has 0 aliphatic heterocycles. The standard InChI is InChI=1S/C17H28N2S/c18-19-15(11-13-7-3-1-4-8-13)17-12-14-9-5-2-6-10-16(14)20-17/h12-13,15,19H,1-11,18H2. The van der Waals surface area contributed by atoms with Crippen LogP contribution in [0.5, 0.6) is 0 Å². The van der Waals surface area contributed by atoms with Gasteiger partial charge in [-0.25, -0.2) is 0 Å². The van der Waals surface area contributed by atoms with Crippen molar-refractivity contribution in [3.05, 3.63) is 21.4 Å². The summed E-state index contributed by atoms with van der Waals surface area (Å²) in [6.45, 7) is 0. The van der Waals surface area contributed by atoms with E-state index in [9.17, 15) is 0 Å². The van der Waals surface area contributed by atoms with E-state index in [0.29, 0.717) is 6.04 Å². The highest BCUT2D eigenvalue weighted by Crippen LogP contribution is 2.37. The van der Waals surface area contributed by atoms with Crippen molar-refractivity contribution in [3.63, 3.8) is 0 Å². The Morgan fingerprint density at radius 1 is 1.10 bits per heavy atom. The molecule has 20 heavy (non-hydrogen) atoms. The molecule has 2 aliphatic rings. The summed E-state index contributed by atoms with van der Waals surface area (Å²) in [5, 5.41) is 0. The smallest absolute Gasteiger partial charge is 0.0556 e. The first-order chi connectivity index (χ1) is 9.86. The van der Waals surface area contributed by atoms with E-state index in [0.717, 1.165) is 5.92 Å². The number of rotatable bonds is 4. The number of thiophene rings is 1. The molecular formula is C17H28N2S. The molecule has 3 rings (SSSR count). The largest absolute Gasteiger partial charge is 0.271 e. The van der Waals surface area contributed by atoms with Gasteiger partial charge in [0.05, 0.1) is 6.04 Å². The van der Waals surface area contributed by atoms with E-state index in [1.54, 1.807) is 10.4 Å². The number of fused-ring (bicyclic) bond motifs is 1. The lowest BCUT2D eigenvalue weighted by Gasteiger charge is -2.25. The normalized spacial score (nSPS) is 22.2. The first kappa shape index (κ1) is 14.6. The second-order valence-corrected chi connectivity index (χ2v) is 7.79. The molecule has 2 nitrogen and oxygen atoms in total. The summed E-state index contributed by atoms with van der Waals surface area (Å²) in [5.74, 6) is 6.75. The Hall–Kier alpha value is -0.380. The molecule has 0 amide bonds. The number of nitrogens with two attached hydrogens (primary N) is 1.